The van der Waals surface area contributed by atoms with Crippen LogP contribution in [0.4, 0.5) is 0 Å². The molecule has 0 unspecified atom stereocenters. The van der Waals surface area contributed by atoms with E-state index in [0.717, 1.165) is 37.1 Å². The summed E-state index contributed by atoms with van der Waals surface area (Å²) in [7, 11) is 0. The van der Waals surface area contributed by atoms with Crippen LogP contribution in [0.1, 0.15) is 39.5 Å². The van der Waals surface area contributed by atoms with Crippen molar-refractivity contribution in [2.24, 2.45) is 5.92 Å². The van der Waals surface area contributed by atoms with Gasteiger partial charge in [0.05, 0.1) is 0 Å². The molecule has 1 fully saturated rings. The summed E-state index contributed by atoms with van der Waals surface area (Å²) in [5.41, 5.74) is 0. The van der Waals surface area contributed by atoms with Gasteiger partial charge in [-0.1, -0.05) is 20.3 Å². The minimum atomic E-state index is 0.931. The maximum Gasteiger partial charge on any atom is 0.168 e. The predicted octanol–water partition coefficient (Wildman–Crippen LogP) is 2.39. The molecule has 0 aliphatic carbocycles. The molecule has 82 valence electrons. The molecule has 1 saturated heterocycles. The Bertz CT molecular complexity index is 174. The van der Waals surface area contributed by atoms with Crippen molar-refractivity contribution in [2.75, 3.05) is 19.6 Å². The highest BCUT2D eigenvalue weighted by atomic mass is 32.1. The molecule has 14 heavy (non-hydrogen) atoms. The van der Waals surface area contributed by atoms with E-state index >= 15 is 0 Å². The number of likely N-dealkylation sites (tertiary alicyclic amines) is 1. The van der Waals surface area contributed by atoms with Gasteiger partial charge in [0.15, 0.2) is 5.11 Å². The molecule has 0 atom stereocenters. The van der Waals surface area contributed by atoms with E-state index in [1.54, 1.807) is 0 Å². The van der Waals surface area contributed by atoms with Gasteiger partial charge in [0.2, 0.25) is 0 Å². The third-order valence-corrected chi connectivity index (χ3v) is 3.41. The maximum atomic E-state index is 5.33. The Labute approximate surface area is 93.1 Å². The van der Waals surface area contributed by atoms with Crippen LogP contribution in [0, 0.1) is 5.92 Å². The molecule has 2 nitrogen and oxygen atoms in total. The average Bonchev–Trinajstić information content (AvgIpc) is 2.26. The van der Waals surface area contributed by atoms with Crippen molar-refractivity contribution in [3.8, 4) is 0 Å². The summed E-state index contributed by atoms with van der Waals surface area (Å²) in [6, 6.07) is 0. The van der Waals surface area contributed by atoms with Crippen LogP contribution >= 0.6 is 12.2 Å². The molecule has 0 saturated carbocycles. The van der Waals surface area contributed by atoms with Gasteiger partial charge in [-0.15, -0.1) is 0 Å². The molecule has 0 amide bonds. The van der Waals surface area contributed by atoms with Crippen LogP contribution < -0.4 is 5.32 Å². The molecule has 0 bridgehead atoms. The zero-order valence-corrected chi connectivity index (χ0v) is 10.2. The molecule has 0 aromatic carbocycles. The first kappa shape index (κ1) is 11.8. The number of nitrogens with zero attached hydrogens (tertiary/aromatic N) is 1. The summed E-state index contributed by atoms with van der Waals surface area (Å²) >= 11 is 5.33. The van der Waals surface area contributed by atoms with Gasteiger partial charge in [0.1, 0.15) is 0 Å². The summed E-state index contributed by atoms with van der Waals surface area (Å²) in [4.78, 5) is 2.32. The topological polar surface area (TPSA) is 15.3 Å². The first-order chi connectivity index (χ1) is 6.77. The lowest BCUT2D eigenvalue weighted by molar-refractivity contribution is 0.259. The van der Waals surface area contributed by atoms with E-state index < -0.39 is 0 Å². The van der Waals surface area contributed by atoms with Crippen molar-refractivity contribution in [3.05, 3.63) is 0 Å². The normalized spacial score (nSPS) is 18.3. The van der Waals surface area contributed by atoms with Crippen molar-refractivity contribution >= 4 is 17.3 Å². The lowest BCUT2D eigenvalue weighted by Crippen LogP contribution is -2.44. The second-order valence-electron chi connectivity index (χ2n) is 4.07. The smallest absolute Gasteiger partial charge is 0.168 e. The van der Waals surface area contributed by atoms with E-state index in [-0.39, 0.29) is 0 Å². The molecule has 1 heterocycles. The molecular formula is C11H22N2S. The number of hydrogen-bond acceptors (Lipinski definition) is 1. The Morgan fingerprint density at radius 1 is 1.36 bits per heavy atom. The van der Waals surface area contributed by atoms with Gasteiger partial charge in [0, 0.05) is 19.6 Å². The molecular weight excluding hydrogens is 192 g/mol. The fraction of sp³-hybridized carbons (Fsp3) is 0.909. The van der Waals surface area contributed by atoms with E-state index in [2.05, 4.69) is 24.1 Å². The first-order valence-electron chi connectivity index (χ1n) is 5.80. The second-order valence-corrected chi connectivity index (χ2v) is 4.46. The fourth-order valence-corrected chi connectivity index (χ4v) is 2.17. The summed E-state index contributed by atoms with van der Waals surface area (Å²) in [5.74, 6) is 0.931. The molecule has 0 aromatic heterocycles. The minimum Gasteiger partial charge on any atom is -0.363 e. The van der Waals surface area contributed by atoms with Gasteiger partial charge in [-0.25, -0.2) is 0 Å². The van der Waals surface area contributed by atoms with E-state index in [0.29, 0.717) is 0 Å². The molecule has 0 radical (unpaired) electrons. The van der Waals surface area contributed by atoms with Gasteiger partial charge >= 0.3 is 0 Å². The van der Waals surface area contributed by atoms with Crippen molar-refractivity contribution in [2.45, 2.75) is 39.5 Å². The Balaban J connectivity index is 2.23. The SMILES string of the molecule is CCCNC(=S)N1CCC(CC)CC1. The maximum absolute atomic E-state index is 5.33. The van der Waals surface area contributed by atoms with Crippen LogP contribution in [0.3, 0.4) is 0 Å². The highest BCUT2D eigenvalue weighted by Crippen LogP contribution is 2.19. The van der Waals surface area contributed by atoms with Gasteiger partial charge < -0.3 is 10.2 Å². The number of piperidine rings is 1. The van der Waals surface area contributed by atoms with Crippen LogP contribution in [0.2, 0.25) is 0 Å². The number of hydrogen-bond donors (Lipinski definition) is 1. The quantitative estimate of drug-likeness (QED) is 0.726. The third-order valence-electron chi connectivity index (χ3n) is 3.01. The predicted molar refractivity (Wildman–Crippen MR) is 65.5 cm³/mol. The molecule has 0 aromatic rings. The van der Waals surface area contributed by atoms with Crippen molar-refractivity contribution in [1.82, 2.24) is 10.2 Å². The molecule has 1 aliphatic rings. The van der Waals surface area contributed by atoms with Gasteiger partial charge in [-0.05, 0) is 37.4 Å². The van der Waals surface area contributed by atoms with Crippen LogP contribution in [-0.2, 0) is 0 Å². The fourth-order valence-electron chi connectivity index (χ4n) is 1.89. The van der Waals surface area contributed by atoms with Gasteiger partial charge in [-0.3, -0.25) is 0 Å². The second kappa shape index (κ2) is 6.23. The summed E-state index contributed by atoms with van der Waals surface area (Å²) in [6.45, 7) is 7.75. The van der Waals surface area contributed by atoms with Crippen LogP contribution in [0.5, 0.6) is 0 Å². The van der Waals surface area contributed by atoms with Crippen molar-refractivity contribution < 1.29 is 0 Å². The monoisotopic (exact) mass is 214 g/mol. The largest absolute Gasteiger partial charge is 0.363 e. The minimum absolute atomic E-state index is 0.931. The Morgan fingerprint density at radius 2 is 2.00 bits per heavy atom. The molecule has 0 spiro atoms. The summed E-state index contributed by atoms with van der Waals surface area (Å²) < 4.78 is 0. The first-order valence-corrected chi connectivity index (χ1v) is 6.21. The van der Waals surface area contributed by atoms with Crippen LogP contribution in [0.15, 0.2) is 0 Å². The number of rotatable bonds is 3. The number of thiocarbonyl (C=S) groups is 1. The van der Waals surface area contributed by atoms with E-state index in [9.17, 15) is 0 Å². The van der Waals surface area contributed by atoms with E-state index in [1.807, 2.05) is 0 Å². The Hall–Kier alpha value is -0.310. The van der Waals surface area contributed by atoms with Gasteiger partial charge in [-0.2, -0.15) is 0 Å². The highest BCUT2D eigenvalue weighted by molar-refractivity contribution is 7.80. The lowest BCUT2D eigenvalue weighted by Gasteiger charge is -2.33. The molecule has 1 aliphatic heterocycles. The van der Waals surface area contributed by atoms with Crippen LogP contribution in [0.25, 0.3) is 0 Å². The van der Waals surface area contributed by atoms with E-state index in [4.69, 9.17) is 12.2 Å². The van der Waals surface area contributed by atoms with Crippen LogP contribution in [-0.4, -0.2) is 29.6 Å². The molecule has 1 rings (SSSR count). The standard InChI is InChI=1S/C11H22N2S/c1-3-7-12-11(14)13-8-5-10(4-2)6-9-13/h10H,3-9H2,1-2H3,(H,12,14). The Morgan fingerprint density at radius 3 is 2.50 bits per heavy atom. The molecule has 3 heteroatoms. The summed E-state index contributed by atoms with van der Waals surface area (Å²) in [5, 5.41) is 4.25. The van der Waals surface area contributed by atoms with Gasteiger partial charge in [0.25, 0.3) is 0 Å². The average molecular weight is 214 g/mol. The third kappa shape index (κ3) is 3.45. The highest BCUT2D eigenvalue weighted by Gasteiger charge is 2.18. The number of nitrogens with one attached hydrogen (secondary N) is 1. The summed E-state index contributed by atoms with van der Waals surface area (Å²) in [6.07, 6.45) is 5.09. The van der Waals surface area contributed by atoms with E-state index in [1.165, 1.54) is 19.3 Å². The zero-order valence-electron chi connectivity index (χ0n) is 9.38. The zero-order chi connectivity index (χ0) is 10.4. The lowest BCUT2D eigenvalue weighted by atomic mass is 9.95. The van der Waals surface area contributed by atoms with Crippen molar-refractivity contribution in [3.63, 3.8) is 0 Å². The van der Waals surface area contributed by atoms with Crippen molar-refractivity contribution in [1.29, 1.82) is 0 Å². The molecule has 1 N–H and O–H groups in total. The Kier molecular flexibility index (Phi) is 5.23.